The van der Waals surface area contributed by atoms with Crippen LogP contribution in [-0.4, -0.2) is 40.0 Å². The van der Waals surface area contributed by atoms with Gasteiger partial charge in [-0.1, -0.05) is 6.92 Å². The number of carbonyl (C=O) groups excluding carboxylic acids is 1. The van der Waals surface area contributed by atoms with Crippen LogP contribution in [0, 0.1) is 12.8 Å². The van der Waals surface area contributed by atoms with Gasteiger partial charge in [0.15, 0.2) is 0 Å². The fraction of sp³-hybridized carbons (Fsp3) is 0.462. The van der Waals surface area contributed by atoms with Crippen LogP contribution in [-0.2, 0) is 4.79 Å². The fourth-order valence-corrected chi connectivity index (χ4v) is 1.63. The van der Waals surface area contributed by atoms with E-state index in [1.54, 1.807) is 25.3 Å². The molecule has 0 spiro atoms. The second-order valence-corrected chi connectivity index (χ2v) is 4.27. The van der Waals surface area contributed by atoms with Crippen molar-refractivity contribution in [2.45, 2.75) is 20.8 Å². The molecule has 0 aliphatic rings. The van der Waals surface area contributed by atoms with Crippen molar-refractivity contribution in [1.29, 1.82) is 0 Å². The SMILES string of the molecule is CCN(CC(C)C(=O)O)C(=O)c1ccnc(C)c1. The molecular weight excluding hydrogens is 232 g/mol. The third-order valence-electron chi connectivity index (χ3n) is 2.73. The van der Waals surface area contributed by atoms with Crippen LogP contribution in [0.5, 0.6) is 0 Å². The highest BCUT2D eigenvalue weighted by atomic mass is 16.4. The minimum absolute atomic E-state index is 0.156. The highest BCUT2D eigenvalue weighted by Crippen LogP contribution is 2.08. The fourth-order valence-electron chi connectivity index (χ4n) is 1.63. The quantitative estimate of drug-likeness (QED) is 0.861. The van der Waals surface area contributed by atoms with Gasteiger partial charge < -0.3 is 10.0 Å². The molecule has 0 bridgehead atoms. The number of hydrogen-bond acceptors (Lipinski definition) is 3. The van der Waals surface area contributed by atoms with E-state index in [-0.39, 0.29) is 12.5 Å². The van der Waals surface area contributed by atoms with Gasteiger partial charge in [-0.05, 0) is 26.0 Å². The van der Waals surface area contributed by atoms with Crippen molar-refractivity contribution < 1.29 is 14.7 Å². The van der Waals surface area contributed by atoms with Crippen LogP contribution >= 0.6 is 0 Å². The average Bonchev–Trinajstić information content (AvgIpc) is 2.34. The van der Waals surface area contributed by atoms with Gasteiger partial charge in [-0.25, -0.2) is 0 Å². The van der Waals surface area contributed by atoms with Crippen LogP contribution in [0.2, 0.25) is 0 Å². The number of pyridine rings is 1. The molecule has 1 rings (SSSR count). The van der Waals surface area contributed by atoms with E-state index in [0.717, 1.165) is 5.69 Å². The molecule has 1 heterocycles. The Kier molecular flexibility index (Phi) is 4.83. The van der Waals surface area contributed by atoms with E-state index in [1.165, 1.54) is 4.90 Å². The Balaban J connectivity index is 2.82. The summed E-state index contributed by atoms with van der Waals surface area (Å²) in [6.07, 6.45) is 1.58. The van der Waals surface area contributed by atoms with Gasteiger partial charge in [0.25, 0.3) is 5.91 Å². The summed E-state index contributed by atoms with van der Waals surface area (Å²) in [5.41, 5.74) is 1.31. The Labute approximate surface area is 106 Å². The number of aliphatic carboxylic acids is 1. The molecule has 1 aromatic heterocycles. The number of carbonyl (C=O) groups is 2. The van der Waals surface area contributed by atoms with Gasteiger partial charge in [-0.3, -0.25) is 14.6 Å². The predicted octanol–water partition coefficient (Wildman–Crippen LogP) is 1.57. The molecule has 1 aromatic rings. The highest BCUT2D eigenvalue weighted by molar-refractivity contribution is 5.94. The van der Waals surface area contributed by atoms with Crippen LogP contribution < -0.4 is 0 Å². The molecule has 98 valence electrons. The minimum atomic E-state index is -0.896. The Morgan fingerprint density at radius 1 is 1.50 bits per heavy atom. The lowest BCUT2D eigenvalue weighted by Gasteiger charge is -2.23. The maximum Gasteiger partial charge on any atom is 0.308 e. The molecule has 0 saturated carbocycles. The lowest BCUT2D eigenvalue weighted by Crippen LogP contribution is -2.36. The van der Waals surface area contributed by atoms with Gasteiger partial charge in [0.2, 0.25) is 0 Å². The molecule has 0 aliphatic carbocycles. The largest absolute Gasteiger partial charge is 0.481 e. The van der Waals surface area contributed by atoms with Crippen molar-refractivity contribution in [2.24, 2.45) is 5.92 Å². The van der Waals surface area contributed by atoms with Crippen LogP contribution in [0.1, 0.15) is 29.9 Å². The first-order valence-electron chi connectivity index (χ1n) is 5.90. The summed E-state index contributed by atoms with van der Waals surface area (Å²) in [4.78, 5) is 28.6. The summed E-state index contributed by atoms with van der Waals surface area (Å²) in [7, 11) is 0. The molecule has 18 heavy (non-hydrogen) atoms. The second-order valence-electron chi connectivity index (χ2n) is 4.27. The summed E-state index contributed by atoms with van der Waals surface area (Å²) in [5, 5.41) is 8.87. The van der Waals surface area contributed by atoms with Crippen LogP contribution in [0.4, 0.5) is 0 Å². The van der Waals surface area contributed by atoms with Gasteiger partial charge in [0.1, 0.15) is 0 Å². The molecule has 0 aromatic carbocycles. The summed E-state index contributed by atoms with van der Waals surface area (Å²) < 4.78 is 0. The normalized spacial score (nSPS) is 11.9. The number of aromatic nitrogens is 1. The molecule has 0 saturated heterocycles. The summed E-state index contributed by atoms with van der Waals surface area (Å²) in [5.74, 6) is -1.62. The number of hydrogen-bond donors (Lipinski definition) is 1. The van der Waals surface area contributed by atoms with Crippen molar-refractivity contribution >= 4 is 11.9 Å². The van der Waals surface area contributed by atoms with Gasteiger partial charge in [-0.2, -0.15) is 0 Å². The van der Waals surface area contributed by atoms with E-state index in [4.69, 9.17) is 5.11 Å². The molecule has 0 fully saturated rings. The van der Waals surface area contributed by atoms with Gasteiger partial charge in [0.05, 0.1) is 5.92 Å². The van der Waals surface area contributed by atoms with E-state index < -0.39 is 11.9 Å². The predicted molar refractivity (Wildman–Crippen MR) is 67.4 cm³/mol. The molecular formula is C13H18N2O3. The molecule has 0 radical (unpaired) electrons. The maximum absolute atomic E-state index is 12.2. The minimum Gasteiger partial charge on any atom is -0.481 e. The Bertz CT molecular complexity index is 446. The third-order valence-corrected chi connectivity index (χ3v) is 2.73. The van der Waals surface area contributed by atoms with Crippen molar-refractivity contribution in [1.82, 2.24) is 9.88 Å². The monoisotopic (exact) mass is 250 g/mol. The number of carboxylic acids is 1. The van der Waals surface area contributed by atoms with E-state index in [9.17, 15) is 9.59 Å². The first kappa shape index (κ1) is 14.2. The number of rotatable bonds is 5. The standard InChI is InChI=1S/C13H18N2O3/c1-4-15(8-9(2)13(17)18)12(16)11-5-6-14-10(3)7-11/h5-7,9H,4,8H2,1-3H3,(H,17,18). The highest BCUT2D eigenvalue weighted by Gasteiger charge is 2.20. The second kappa shape index (κ2) is 6.14. The van der Waals surface area contributed by atoms with Gasteiger partial charge >= 0.3 is 5.97 Å². The van der Waals surface area contributed by atoms with Crippen molar-refractivity contribution in [3.8, 4) is 0 Å². The van der Waals surface area contributed by atoms with Crippen LogP contribution in [0.3, 0.4) is 0 Å². The molecule has 5 heteroatoms. The summed E-state index contributed by atoms with van der Waals surface area (Å²) >= 11 is 0. The zero-order valence-electron chi connectivity index (χ0n) is 10.9. The molecule has 1 atom stereocenters. The molecule has 1 unspecified atom stereocenters. The number of carboxylic acid groups (broad SMARTS) is 1. The van der Waals surface area contributed by atoms with Crippen LogP contribution in [0.25, 0.3) is 0 Å². The smallest absolute Gasteiger partial charge is 0.308 e. The molecule has 1 N–H and O–H groups in total. The summed E-state index contributed by atoms with van der Waals surface area (Å²) in [6, 6.07) is 3.35. The zero-order chi connectivity index (χ0) is 13.7. The van der Waals surface area contributed by atoms with Gasteiger partial charge in [0, 0.05) is 30.5 Å². The van der Waals surface area contributed by atoms with Crippen molar-refractivity contribution in [3.05, 3.63) is 29.6 Å². The third kappa shape index (κ3) is 3.55. The lowest BCUT2D eigenvalue weighted by atomic mass is 10.1. The number of amides is 1. The maximum atomic E-state index is 12.2. The van der Waals surface area contributed by atoms with Crippen molar-refractivity contribution in [2.75, 3.05) is 13.1 Å². The number of nitrogens with zero attached hydrogens (tertiary/aromatic N) is 2. The van der Waals surface area contributed by atoms with Gasteiger partial charge in [-0.15, -0.1) is 0 Å². The Morgan fingerprint density at radius 3 is 2.67 bits per heavy atom. The topological polar surface area (TPSA) is 70.5 Å². The average molecular weight is 250 g/mol. The Morgan fingerprint density at radius 2 is 2.17 bits per heavy atom. The molecule has 1 amide bonds. The molecule has 0 aliphatic heterocycles. The zero-order valence-corrected chi connectivity index (χ0v) is 10.9. The lowest BCUT2D eigenvalue weighted by molar-refractivity contribution is -0.141. The van der Waals surface area contributed by atoms with Crippen molar-refractivity contribution in [3.63, 3.8) is 0 Å². The first-order chi connectivity index (χ1) is 8.45. The van der Waals surface area contributed by atoms with E-state index >= 15 is 0 Å². The van der Waals surface area contributed by atoms with E-state index in [0.29, 0.717) is 12.1 Å². The summed E-state index contributed by atoms with van der Waals surface area (Å²) in [6.45, 7) is 5.94. The first-order valence-corrected chi connectivity index (χ1v) is 5.90. The number of aryl methyl sites for hydroxylation is 1. The van der Waals surface area contributed by atoms with E-state index in [2.05, 4.69) is 4.98 Å². The molecule has 5 nitrogen and oxygen atoms in total. The van der Waals surface area contributed by atoms with Crippen LogP contribution in [0.15, 0.2) is 18.3 Å². The van der Waals surface area contributed by atoms with E-state index in [1.807, 2.05) is 13.8 Å². The Hall–Kier alpha value is -1.91.